The number of anilines is 1. The molecule has 0 radical (unpaired) electrons. The van der Waals surface area contributed by atoms with Crippen LogP contribution in [0, 0.1) is 17.5 Å². The minimum Gasteiger partial charge on any atom is -0.324 e. The molecule has 166 valence electrons. The van der Waals surface area contributed by atoms with Crippen LogP contribution in [-0.2, 0) is 16.6 Å². The third-order valence-electron chi connectivity index (χ3n) is 5.18. The van der Waals surface area contributed by atoms with E-state index in [-0.39, 0.29) is 39.9 Å². The number of hydrogen-bond acceptors (Lipinski definition) is 4. The summed E-state index contributed by atoms with van der Waals surface area (Å²) in [6.07, 6.45) is 1.70. The molecule has 0 amide bonds. The summed E-state index contributed by atoms with van der Waals surface area (Å²) in [5.41, 5.74) is 0.245. The zero-order chi connectivity index (χ0) is 22.9. The van der Waals surface area contributed by atoms with Crippen molar-refractivity contribution in [2.24, 2.45) is 4.99 Å². The van der Waals surface area contributed by atoms with Gasteiger partial charge in [-0.1, -0.05) is 25.1 Å². The first-order valence-corrected chi connectivity index (χ1v) is 11.3. The fourth-order valence-electron chi connectivity index (χ4n) is 3.69. The molecular weight excluding hydrogens is 441 g/mol. The number of hydrogen-bond donors (Lipinski definition) is 2. The minimum absolute atomic E-state index is 0.0110. The third-order valence-corrected chi connectivity index (χ3v) is 6.56. The summed E-state index contributed by atoms with van der Waals surface area (Å²) in [6.45, 7) is 1.51. The van der Waals surface area contributed by atoms with Crippen molar-refractivity contribution in [3.63, 3.8) is 0 Å². The zero-order valence-electron chi connectivity index (χ0n) is 16.9. The molecule has 0 fully saturated rings. The van der Waals surface area contributed by atoms with Crippen molar-refractivity contribution in [3.8, 4) is 0 Å². The Bertz CT molecular complexity index is 1310. The lowest BCUT2D eigenvalue weighted by Crippen LogP contribution is -2.41. The molecule has 0 saturated carbocycles. The molecule has 0 saturated heterocycles. The maximum Gasteiger partial charge on any atom is 0.266 e. The first-order chi connectivity index (χ1) is 15.3. The highest BCUT2D eigenvalue weighted by Gasteiger charge is 2.33. The predicted octanol–water partition coefficient (Wildman–Crippen LogP) is 4.30. The van der Waals surface area contributed by atoms with Crippen LogP contribution in [0.25, 0.3) is 0 Å². The van der Waals surface area contributed by atoms with E-state index in [1.54, 1.807) is 13.0 Å². The number of nitrogens with one attached hydrogen (secondary N) is 2. The van der Waals surface area contributed by atoms with Crippen LogP contribution in [0.5, 0.6) is 0 Å². The average molecular weight is 460 g/mol. The molecule has 3 aromatic rings. The van der Waals surface area contributed by atoms with Crippen molar-refractivity contribution in [2.75, 3.05) is 5.32 Å². The Labute approximate surface area is 183 Å². The van der Waals surface area contributed by atoms with Gasteiger partial charge in [0.1, 0.15) is 22.3 Å². The second-order valence-corrected chi connectivity index (χ2v) is 8.79. The van der Waals surface area contributed by atoms with Gasteiger partial charge in [0.05, 0.1) is 17.9 Å². The van der Waals surface area contributed by atoms with Gasteiger partial charge in [-0.25, -0.2) is 31.3 Å². The Balaban J connectivity index is 1.81. The predicted molar refractivity (Wildman–Crippen MR) is 114 cm³/mol. The molecule has 2 N–H and O–H groups in total. The Morgan fingerprint density at radius 3 is 2.47 bits per heavy atom. The summed E-state index contributed by atoms with van der Waals surface area (Å²) >= 11 is 0. The van der Waals surface area contributed by atoms with Crippen molar-refractivity contribution >= 4 is 21.7 Å². The number of fused-ring (bicyclic) bond motifs is 1. The van der Waals surface area contributed by atoms with Crippen LogP contribution in [0.4, 0.5) is 18.9 Å². The van der Waals surface area contributed by atoms with E-state index in [9.17, 15) is 17.2 Å². The summed E-state index contributed by atoms with van der Waals surface area (Å²) in [7, 11) is -4.10. The number of aromatic nitrogens is 1. The lowest BCUT2D eigenvalue weighted by Gasteiger charge is -2.27. The highest BCUT2D eigenvalue weighted by molar-refractivity contribution is 7.90. The molecule has 2 aromatic carbocycles. The molecular formula is C22H19F3N4O2S. The van der Waals surface area contributed by atoms with Crippen molar-refractivity contribution < 1.29 is 21.6 Å². The van der Waals surface area contributed by atoms with Crippen LogP contribution >= 0.6 is 0 Å². The number of benzene rings is 2. The van der Waals surface area contributed by atoms with Crippen molar-refractivity contribution in [2.45, 2.75) is 30.7 Å². The van der Waals surface area contributed by atoms with Gasteiger partial charge in [0, 0.05) is 17.7 Å². The van der Waals surface area contributed by atoms with Crippen molar-refractivity contribution in [1.29, 1.82) is 0 Å². The van der Waals surface area contributed by atoms with E-state index < -0.39 is 33.4 Å². The van der Waals surface area contributed by atoms with Crippen LogP contribution in [0.2, 0.25) is 0 Å². The van der Waals surface area contributed by atoms with E-state index in [1.165, 1.54) is 36.5 Å². The second-order valence-electron chi connectivity index (χ2n) is 7.14. The van der Waals surface area contributed by atoms with Gasteiger partial charge in [0.15, 0.2) is 0 Å². The number of halogens is 3. The SMILES string of the molecule is CCC(c1ccccc1F)c1c(F)ccc2c1NC(=NCc1ncccc1F)NS2(=O)=O. The molecule has 0 bridgehead atoms. The third kappa shape index (κ3) is 4.05. The van der Waals surface area contributed by atoms with E-state index in [4.69, 9.17) is 0 Å². The summed E-state index contributed by atoms with van der Waals surface area (Å²) in [4.78, 5) is 7.76. The summed E-state index contributed by atoms with van der Waals surface area (Å²) in [5, 5.41) is 2.80. The number of pyridine rings is 1. The van der Waals surface area contributed by atoms with Gasteiger partial charge in [-0.2, -0.15) is 0 Å². The van der Waals surface area contributed by atoms with Crippen LogP contribution in [0.3, 0.4) is 0 Å². The molecule has 32 heavy (non-hydrogen) atoms. The van der Waals surface area contributed by atoms with E-state index in [2.05, 4.69) is 20.0 Å². The molecule has 1 unspecified atom stereocenters. The minimum atomic E-state index is -4.10. The Morgan fingerprint density at radius 1 is 1.00 bits per heavy atom. The second kappa shape index (κ2) is 8.62. The molecule has 4 rings (SSSR count). The van der Waals surface area contributed by atoms with Crippen molar-refractivity contribution in [1.82, 2.24) is 9.71 Å². The largest absolute Gasteiger partial charge is 0.324 e. The van der Waals surface area contributed by atoms with Gasteiger partial charge in [-0.05, 0) is 42.3 Å². The monoisotopic (exact) mass is 460 g/mol. The van der Waals surface area contributed by atoms with E-state index >= 15 is 4.39 Å². The summed E-state index contributed by atoms with van der Waals surface area (Å²) in [5.74, 6) is -2.75. The molecule has 1 aliphatic rings. The normalized spacial score (nSPS) is 16.7. The van der Waals surface area contributed by atoms with Crippen LogP contribution in [0.1, 0.15) is 36.1 Å². The molecule has 6 nitrogen and oxygen atoms in total. The molecule has 10 heteroatoms. The maximum absolute atomic E-state index is 15.0. The lowest BCUT2D eigenvalue weighted by atomic mass is 9.87. The van der Waals surface area contributed by atoms with Gasteiger partial charge in [-0.15, -0.1) is 0 Å². The number of guanidine groups is 1. The molecule has 1 atom stereocenters. The van der Waals surface area contributed by atoms with Gasteiger partial charge in [0.2, 0.25) is 5.96 Å². The number of sulfonamides is 1. The lowest BCUT2D eigenvalue weighted by molar-refractivity contribution is 0.564. The van der Waals surface area contributed by atoms with Crippen LogP contribution < -0.4 is 10.0 Å². The van der Waals surface area contributed by atoms with Gasteiger partial charge in [-0.3, -0.25) is 4.98 Å². The molecule has 1 aliphatic heterocycles. The number of aliphatic imine (C=N–C) groups is 1. The Hall–Kier alpha value is -3.40. The first kappa shape index (κ1) is 21.8. The fraction of sp³-hybridized carbons (Fsp3) is 0.182. The van der Waals surface area contributed by atoms with E-state index in [1.807, 2.05) is 0 Å². The fourth-order valence-corrected chi connectivity index (χ4v) is 4.85. The molecule has 0 spiro atoms. The number of rotatable bonds is 5. The van der Waals surface area contributed by atoms with Gasteiger partial charge < -0.3 is 5.32 Å². The summed E-state index contributed by atoms with van der Waals surface area (Å²) < 4.78 is 71.3. The smallest absolute Gasteiger partial charge is 0.266 e. The highest BCUT2D eigenvalue weighted by atomic mass is 32.2. The quantitative estimate of drug-likeness (QED) is 0.595. The molecule has 0 aliphatic carbocycles. The molecule has 2 heterocycles. The van der Waals surface area contributed by atoms with E-state index in [0.29, 0.717) is 6.42 Å². The van der Waals surface area contributed by atoms with E-state index in [0.717, 1.165) is 12.1 Å². The summed E-state index contributed by atoms with van der Waals surface area (Å²) in [6, 6.07) is 10.8. The topological polar surface area (TPSA) is 83.4 Å². The standard InChI is InChI=1S/C22H19F3N4O2S/c1-2-13(14-6-3-4-7-15(14)23)20-17(25)9-10-19-21(20)28-22(29-32(19,30)31)27-12-18-16(24)8-5-11-26-18/h3-11,13H,2,12H2,1H3,(H2,27,28,29). The highest BCUT2D eigenvalue weighted by Crippen LogP contribution is 2.40. The number of nitrogens with zero attached hydrogens (tertiary/aromatic N) is 2. The Kier molecular flexibility index (Phi) is 5.88. The van der Waals surface area contributed by atoms with Crippen LogP contribution in [0.15, 0.2) is 64.6 Å². The zero-order valence-corrected chi connectivity index (χ0v) is 17.8. The average Bonchev–Trinajstić information content (AvgIpc) is 2.75. The van der Waals surface area contributed by atoms with Crippen LogP contribution in [-0.4, -0.2) is 19.4 Å². The first-order valence-electron chi connectivity index (χ1n) is 9.82. The Morgan fingerprint density at radius 2 is 1.75 bits per heavy atom. The molecule has 1 aromatic heterocycles. The van der Waals surface area contributed by atoms with Gasteiger partial charge in [0.25, 0.3) is 10.0 Å². The van der Waals surface area contributed by atoms with Gasteiger partial charge >= 0.3 is 0 Å². The maximum atomic E-state index is 15.0. The van der Waals surface area contributed by atoms with Crippen molar-refractivity contribution in [3.05, 3.63) is 89.0 Å².